The third-order valence-electron chi connectivity index (χ3n) is 4.36. The molecule has 0 unspecified atom stereocenters. The maximum Gasteiger partial charge on any atom is 0.237 e. The van der Waals surface area contributed by atoms with E-state index < -0.39 is 0 Å². The number of thioether (sulfide) groups is 1. The Morgan fingerprint density at radius 2 is 1.90 bits per heavy atom. The number of aryl methyl sites for hydroxylation is 2. The summed E-state index contributed by atoms with van der Waals surface area (Å²) in [6.07, 6.45) is 2.02. The third kappa shape index (κ3) is 5.18. The van der Waals surface area contributed by atoms with Crippen LogP contribution in [-0.2, 0) is 4.79 Å². The number of nitrogen functional groups attached to an aromatic ring is 1. The average Bonchev–Trinajstić information content (AvgIpc) is 3.07. The largest absolute Gasteiger partial charge is 0.337 e. The monoisotopic (exact) mass is 405 g/mol. The van der Waals surface area contributed by atoms with E-state index in [2.05, 4.69) is 17.1 Å². The molecule has 0 bridgehead atoms. The van der Waals surface area contributed by atoms with E-state index in [1.54, 1.807) is 11.1 Å². The molecule has 0 fully saturated rings. The van der Waals surface area contributed by atoms with Crippen molar-refractivity contribution in [3.05, 3.63) is 65.9 Å². The number of imidazole rings is 1. The number of nitriles is 1. The maximum atomic E-state index is 13.0. The van der Waals surface area contributed by atoms with E-state index in [0.717, 1.165) is 28.1 Å². The Labute approximate surface area is 174 Å². The number of carbonyl (C=O) groups excluding carboxylic acids is 1. The number of aromatic nitrogens is 2. The van der Waals surface area contributed by atoms with Gasteiger partial charge in [-0.3, -0.25) is 4.79 Å². The van der Waals surface area contributed by atoms with Crippen LogP contribution in [0.5, 0.6) is 0 Å². The van der Waals surface area contributed by atoms with Crippen molar-refractivity contribution >= 4 is 23.4 Å². The number of hydrogen-bond acceptors (Lipinski definition) is 5. The fraction of sp³-hybridized carbons (Fsp3) is 0.227. The molecule has 6 nitrogen and oxygen atoms in total. The van der Waals surface area contributed by atoms with Crippen molar-refractivity contribution in [3.8, 4) is 17.3 Å². The Morgan fingerprint density at radius 1 is 1.21 bits per heavy atom. The van der Waals surface area contributed by atoms with Crippen LogP contribution in [0, 0.1) is 25.2 Å². The Balaban J connectivity index is 1.75. The van der Waals surface area contributed by atoms with Crippen molar-refractivity contribution in [2.75, 3.05) is 23.0 Å². The van der Waals surface area contributed by atoms with Crippen molar-refractivity contribution in [2.45, 2.75) is 25.4 Å². The molecule has 0 spiro atoms. The van der Waals surface area contributed by atoms with E-state index >= 15 is 0 Å². The summed E-state index contributed by atoms with van der Waals surface area (Å²) >= 11 is 1.29. The topological polar surface area (TPSA) is 87.9 Å². The van der Waals surface area contributed by atoms with Gasteiger partial charge in [0.25, 0.3) is 0 Å². The second-order valence-corrected chi connectivity index (χ2v) is 7.71. The summed E-state index contributed by atoms with van der Waals surface area (Å²) < 4.78 is 1.44. The second-order valence-electron chi connectivity index (χ2n) is 6.77. The highest BCUT2D eigenvalue weighted by Crippen LogP contribution is 2.25. The fourth-order valence-corrected chi connectivity index (χ4v) is 3.87. The molecule has 0 aliphatic carbocycles. The van der Waals surface area contributed by atoms with Gasteiger partial charge in [0.1, 0.15) is 0 Å². The maximum absolute atomic E-state index is 13.0. The number of benzene rings is 2. The van der Waals surface area contributed by atoms with Crippen molar-refractivity contribution in [3.63, 3.8) is 0 Å². The summed E-state index contributed by atoms with van der Waals surface area (Å²) in [5.74, 6) is 6.14. The van der Waals surface area contributed by atoms with Crippen LogP contribution < -0.4 is 10.7 Å². The first-order chi connectivity index (χ1) is 14.0. The minimum Gasteiger partial charge on any atom is -0.337 e. The third-order valence-corrected chi connectivity index (χ3v) is 5.31. The van der Waals surface area contributed by atoms with Crippen LogP contribution in [0.15, 0.2) is 59.9 Å². The lowest BCUT2D eigenvalue weighted by Crippen LogP contribution is -2.33. The molecule has 2 aromatic carbocycles. The quantitative estimate of drug-likeness (QED) is 0.475. The smallest absolute Gasteiger partial charge is 0.237 e. The number of anilines is 1. The van der Waals surface area contributed by atoms with Gasteiger partial charge in [0.2, 0.25) is 5.91 Å². The zero-order valence-electron chi connectivity index (χ0n) is 16.5. The molecule has 3 aromatic rings. The molecule has 1 amide bonds. The van der Waals surface area contributed by atoms with E-state index in [4.69, 9.17) is 11.1 Å². The van der Waals surface area contributed by atoms with Gasteiger partial charge in [0, 0.05) is 17.8 Å². The lowest BCUT2D eigenvalue weighted by molar-refractivity contribution is -0.116. The average molecular weight is 406 g/mol. The SMILES string of the molecule is Cc1cc(C)cc(N(CCC#N)C(=O)CSc2nc(-c3ccccc3)cn2N)c1. The Bertz CT molecular complexity index is 1020. The molecular weight excluding hydrogens is 382 g/mol. The molecule has 0 radical (unpaired) electrons. The number of amides is 1. The van der Waals surface area contributed by atoms with E-state index in [9.17, 15) is 4.79 Å². The summed E-state index contributed by atoms with van der Waals surface area (Å²) in [4.78, 5) is 19.2. The lowest BCUT2D eigenvalue weighted by Gasteiger charge is -2.22. The van der Waals surface area contributed by atoms with Gasteiger partial charge in [-0.1, -0.05) is 48.2 Å². The highest BCUT2D eigenvalue weighted by atomic mass is 32.2. The molecule has 1 heterocycles. The van der Waals surface area contributed by atoms with Crippen LogP contribution in [0.1, 0.15) is 17.5 Å². The molecule has 2 N–H and O–H groups in total. The molecule has 0 aliphatic rings. The van der Waals surface area contributed by atoms with Gasteiger partial charge in [0.15, 0.2) is 5.16 Å². The van der Waals surface area contributed by atoms with E-state index in [0.29, 0.717) is 11.7 Å². The number of nitrogens with two attached hydrogens (primary N) is 1. The minimum absolute atomic E-state index is 0.0838. The molecule has 7 heteroatoms. The van der Waals surface area contributed by atoms with Gasteiger partial charge in [-0.15, -0.1) is 0 Å². The highest BCUT2D eigenvalue weighted by Gasteiger charge is 2.18. The normalized spacial score (nSPS) is 10.5. The molecule has 1 aromatic heterocycles. The van der Waals surface area contributed by atoms with Crippen LogP contribution in [0.25, 0.3) is 11.3 Å². The zero-order valence-corrected chi connectivity index (χ0v) is 17.3. The molecule has 29 heavy (non-hydrogen) atoms. The van der Waals surface area contributed by atoms with Crippen molar-refractivity contribution in [1.82, 2.24) is 9.66 Å². The van der Waals surface area contributed by atoms with Gasteiger partial charge < -0.3 is 10.7 Å². The first-order valence-electron chi connectivity index (χ1n) is 9.26. The van der Waals surface area contributed by atoms with E-state index in [-0.39, 0.29) is 18.1 Å². The van der Waals surface area contributed by atoms with Crippen LogP contribution in [0.2, 0.25) is 0 Å². The van der Waals surface area contributed by atoms with Crippen molar-refractivity contribution in [2.24, 2.45) is 0 Å². The van der Waals surface area contributed by atoms with Crippen LogP contribution >= 0.6 is 11.8 Å². The van der Waals surface area contributed by atoms with Gasteiger partial charge in [-0.2, -0.15) is 5.26 Å². The molecule has 0 atom stereocenters. The van der Waals surface area contributed by atoms with Gasteiger partial charge in [-0.25, -0.2) is 9.66 Å². The molecular formula is C22H23N5OS. The summed E-state index contributed by atoms with van der Waals surface area (Å²) in [5.41, 5.74) is 4.69. The molecule has 3 rings (SSSR count). The Hall–Kier alpha value is -3.24. The van der Waals surface area contributed by atoms with Gasteiger partial charge in [-0.05, 0) is 37.1 Å². The number of hydrogen-bond donors (Lipinski definition) is 1. The summed E-state index contributed by atoms with van der Waals surface area (Å²) in [6.45, 7) is 4.34. The summed E-state index contributed by atoms with van der Waals surface area (Å²) in [6, 6.07) is 17.9. The molecule has 0 saturated carbocycles. The predicted octanol–water partition coefficient (Wildman–Crippen LogP) is 3.92. The number of rotatable bonds is 7. The van der Waals surface area contributed by atoms with Crippen LogP contribution in [0.3, 0.4) is 0 Å². The highest BCUT2D eigenvalue weighted by molar-refractivity contribution is 7.99. The number of nitrogens with zero attached hydrogens (tertiary/aromatic N) is 4. The van der Waals surface area contributed by atoms with Crippen LogP contribution in [-0.4, -0.2) is 27.9 Å². The van der Waals surface area contributed by atoms with Crippen LogP contribution in [0.4, 0.5) is 5.69 Å². The second kappa shape index (κ2) is 9.30. The molecule has 0 aliphatic heterocycles. The molecule has 0 saturated heterocycles. The van der Waals surface area contributed by atoms with Gasteiger partial charge >= 0.3 is 0 Å². The van der Waals surface area contributed by atoms with E-state index in [1.807, 2.05) is 56.3 Å². The van der Waals surface area contributed by atoms with Crippen molar-refractivity contribution in [1.29, 1.82) is 5.26 Å². The van der Waals surface area contributed by atoms with E-state index in [1.165, 1.54) is 16.4 Å². The molecule has 148 valence electrons. The number of carbonyl (C=O) groups is 1. The standard InChI is InChI=1S/C22H23N5OS/c1-16-11-17(2)13-19(12-16)26(10-6-9-23)21(28)15-29-22-25-20(14-27(22)24)18-7-4-3-5-8-18/h3-5,7-8,11-14H,6,10,15,24H2,1-2H3. The predicted molar refractivity (Wildman–Crippen MR) is 117 cm³/mol. The van der Waals surface area contributed by atoms with Gasteiger partial charge in [0.05, 0.1) is 30.1 Å². The first-order valence-corrected chi connectivity index (χ1v) is 10.2. The first kappa shape index (κ1) is 20.5. The lowest BCUT2D eigenvalue weighted by atomic mass is 10.1. The Morgan fingerprint density at radius 3 is 2.55 bits per heavy atom. The zero-order chi connectivity index (χ0) is 20.8. The minimum atomic E-state index is -0.0838. The fourth-order valence-electron chi connectivity index (χ4n) is 3.10. The summed E-state index contributed by atoms with van der Waals surface area (Å²) in [5, 5.41) is 9.55. The Kier molecular flexibility index (Phi) is 6.57. The van der Waals surface area contributed by atoms with Crippen molar-refractivity contribution < 1.29 is 4.79 Å². The summed E-state index contributed by atoms with van der Waals surface area (Å²) in [7, 11) is 0.